The zero-order valence-corrected chi connectivity index (χ0v) is 15.3. The predicted molar refractivity (Wildman–Crippen MR) is 109 cm³/mol. The molecule has 5 nitrogen and oxygen atoms in total. The normalized spacial score (nSPS) is 10.3. The minimum absolute atomic E-state index is 0.0430. The Kier molecular flexibility index (Phi) is 6.41. The molecule has 2 N–H and O–H groups in total. The first-order valence-corrected chi connectivity index (χ1v) is 9.02. The van der Waals surface area contributed by atoms with E-state index in [1.54, 1.807) is 12.3 Å². The summed E-state index contributed by atoms with van der Waals surface area (Å²) in [6.07, 6.45) is 2.84. The molecule has 1 aromatic heterocycles. The van der Waals surface area contributed by atoms with Gasteiger partial charge in [-0.3, -0.25) is 4.79 Å². The lowest BCUT2D eigenvalue weighted by Crippen LogP contribution is -2.13. The summed E-state index contributed by atoms with van der Waals surface area (Å²) in [6.45, 7) is 2.61. The Hall–Kier alpha value is -3.34. The van der Waals surface area contributed by atoms with Crippen molar-refractivity contribution in [1.29, 1.82) is 0 Å². The first-order valence-electron chi connectivity index (χ1n) is 9.02. The number of pyridine rings is 1. The monoisotopic (exact) mass is 361 g/mol. The molecule has 0 radical (unpaired) electrons. The quantitative estimate of drug-likeness (QED) is 0.605. The van der Waals surface area contributed by atoms with Gasteiger partial charge >= 0.3 is 0 Å². The van der Waals surface area contributed by atoms with Crippen LogP contribution in [0.3, 0.4) is 0 Å². The minimum Gasteiger partial charge on any atom is -0.494 e. The average Bonchev–Trinajstić information content (AvgIpc) is 2.70. The molecule has 0 aliphatic rings. The van der Waals surface area contributed by atoms with Crippen molar-refractivity contribution in [3.8, 4) is 5.75 Å². The molecule has 3 aromatic rings. The first-order chi connectivity index (χ1) is 13.2. The zero-order valence-electron chi connectivity index (χ0n) is 15.3. The Labute approximate surface area is 159 Å². The van der Waals surface area contributed by atoms with Crippen LogP contribution in [0.15, 0.2) is 72.9 Å². The summed E-state index contributed by atoms with van der Waals surface area (Å²) in [6, 6.07) is 21.4. The Morgan fingerprint density at radius 2 is 1.70 bits per heavy atom. The highest BCUT2D eigenvalue weighted by Gasteiger charge is 2.04. The number of amides is 1. The third kappa shape index (κ3) is 5.85. The summed E-state index contributed by atoms with van der Waals surface area (Å²) in [5.41, 5.74) is 2.94. The largest absolute Gasteiger partial charge is 0.494 e. The number of carbonyl (C=O) groups is 1. The SMILES string of the molecule is CCOc1ccc(Nc2ccc(NC(=O)CCc3ccccc3)nc2)cc1. The second-order valence-electron chi connectivity index (χ2n) is 6.05. The van der Waals surface area contributed by atoms with E-state index in [1.165, 1.54) is 0 Å². The maximum atomic E-state index is 12.1. The van der Waals surface area contributed by atoms with E-state index < -0.39 is 0 Å². The number of benzene rings is 2. The number of anilines is 3. The molecule has 0 saturated carbocycles. The lowest BCUT2D eigenvalue weighted by Gasteiger charge is -2.09. The summed E-state index contributed by atoms with van der Waals surface area (Å²) < 4.78 is 5.43. The van der Waals surface area contributed by atoms with E-state index >= 15 is 0 Å². The van der Waals surface area contributed by atoms with Crippen molar-refractivity contribution in [1.82, 2.24) is 4.98 Å². The average molecular weight is 361 g/mol. The number of hydrogen-bond acceptors (Lipinski definition) is 4. The molecule has 0 aliphatic heterocycles. The molecule has 2 aromatic carbocycles. The third-order valence-electron chi connectivity index (χ3n) is 3.97. The van der Waals surface area contributed by atoms with Gasteiger partial charge in [0.25, 0.3) is 0 Å². The fraction of sp³-hybridized carbons (Fsp3) is 0.182. The molecule has 0 bridgehead atoms. The van der Waals surface area contributed by atoms with Gasteiger partial charge in [-0.15, -0.1) is 0 Å². The van der Waals surface area contributed by atoms with Crippen LogP contribution in [-0.2, 0) is 11.2 Å². The highest BCUT2D eigenvalue weighted by molar-refractivity contribution is 5.90. The van der Waals surface area contributed by atoms with Crippen LogP contribution in [0.5, 0.6) is 5.75 Å². The molecule has 5 heteroatoms. The van der Waals surface area contributed by atoms with E-state index in [2.05, 4.69) is 15.6 Å². The predicted octanol–water partition coefficient (Wildman–Crippen LogP) is 4.80. The van der Waals surface area contributed by atoms with E-state index in [1.807, 2.05) is 67.6 Å². The number of nitrogens with zero attached hydrogens (tertiary/aromatic N) is 1. The van der Waals surface area contributed by atoms with Gasteiger partial charge in [0.05, 0.1) is 18.5 Å². The van der Waals surface area contributed by atoms with Crippen LogP contribution in [-0.4, -0.2) is 17.5 Å². The summed E-state index contributed by atoms with van der Waals surface area (Å²) in [4.78, 5) is 16.4. The Balaban J connectivity index is 1.50. The van der Waals surface area contributed by atoms with Gasteiger partial charge in [-0.05, 0) is 55.3 Å². The molecule has 138 valence electrons. The molecule has 1 amide bonds. The molecular weight excluding hydrogens is 338 g/mol. The Bertz CT molecular complexity index is 847. The zero-order chi connectivity index (χ0) is 18.9. The van der Waals surface area contributed by atoms with Crippen LogP contribution in [0.1, 0.15) is 18.9 Å². The standard InChI is InChI=1S/C22H23N3O2/c1-2-27-20-12-9-18(10-13-20)24-19-11-14-21(23-16-19)25-22(26)15-8-17-6-4-3-5-7-17/h3-7,9-14,16,24H,2,8,15H2,1H3,(H,23,25,26). The maximum absolute atomic E-state index is 12.1. The van der Waals surface area contributed by atoms with Crippen LogP contribution < -0.4 is 15.4 Å². The second-order valence-corrected chi connectivity index (χ2v) is 6.05. The van der Waals surface area contributed by atoms with Gasteiger partial charge in [0.2, 0.25) is 5.91 Å². The second kappa shape index (κ2) is 9.38. The van der Waals surface area contributed by atoms with Gasteiger partial charge in [-0.25, -0.2) is 4.98 Å². The molecular formula is C22H23N3O2. The van der Waals surface area contributed by atoms with Gasteiger partial charge in [-0.1, -0.05) is 30.3 Å². The van der Waals surface area contributed by atoms with Gasteiger partial charge < -0.3 is 15.4 Å². The lowest BCUT2D eigenvalue weighted by atomic mass is 10.1. The molecule has 0 unspecified atom stereocenters. The Morgan fingerprint density at radius 3 is 2.37 bits per heavy atom. The number of carbonyl (C=O) groups excluding carboxylic acids is 1. The van der Waals surface area contributed by atoms with Crippen LogP contribution >= 0.6 is 0 Å². The molecule has 3 rings (SSSR count). The summed E-state index contributed by atoms with van der Waals surface area (Å²) in [5, 5.41) is 6.10. The van der Waals surface area contributed by atoms with Crippen molar-refractivity contribution >= 4 is 23.1 Å². The fourth-order valence-electron chi connectivity index (χ4n) is 2.62. The molecule has 27 heavy (non-hydrogen) atoms. The number of nitrogens with one attached hydrogen (secondary N) is 2. The molecule has 0 aliphatic carbocycles. The van der Waals surface area contributed by atoms with Gasteiger partial charge in [0.1, 0.15) is 11.6 Å². The van der Waals surface area contributed by atoms with Crippen molar-refractivity contribution < 1.29 is 9.53 Å². The van der Waals surface area contributed by atoms with Crippen molar-refractivity contribution in [2.45, 2.75) is 19.8 Å². The minimum atomic E-state index is -0.0430. The van der Waals surface area contributed by atoms with Crippen LogP contribution in [0.4, 0.5) is 17.2 Å². The van der Waals surface area contributed by atoms with Crippen LogP contribution in [0.2, 0.25) is 0 Å². The topological polar surface area (TPSA) is 63.2 Å². The van der Waals surface area contributed by atoms with Crippen LogP contribution in [0.25, 0.3) is 0 Å². The highest BCUT2D eigenvalue weighted by Crippen LogP contribution is 2.20. The van der Waals surface area contributed by atoms with Crippen molar-refractivity contribution in [2.24, 2.45) is 0 Å². The number of aromatic nitrogens is 1. The molecule has 0 spiro atoms. The van der Waals surface area contributed by atoms with Crippen LogP contribution in [0, 0.1) is 0 Å². The summed E-state index contributed by atoms with van der Waals surface area (Å²) >= 11 is 0. The van der Waals surface area contributed by atoms with Gasteiger partial charge in [0, 0.05) is 12.1 Å². The highest BCUT2D eigenvalue weighted by atomic mass is 16.5. The number of aryl methyl sites for hydroxylation is 1. The van der Waals surface area contributed by atoms with Crippen molar-refractivity contribution in [3.05, 3.63) is 78.5 Å². The number of rotatable bonds is 8. The van der Waals surface area contributed by atoms with Crippen molar-refractivity contribution in [3.63, 3.8) is 0 Å². The van der Waals surface area contributed by atoms with Gasteiger partial charge in [0.15, 0.2) is 0 Å². The summed E-state index contributed by atoms with van der Waals surface area (Å²) in [5.74, 6) is 1.35. The molecule has 0 saturated heterocycles. The molecule has 0 fully saturated rings. The van der Waals surface area contributed by atoms with Gasteiger partial charge in [-0.2, -0.15) is 0 Å². The number of ether oxygens (including phenoxy) is 1. The van der Waals surface area contributed by atoms with E-state index in [4.69, 9.17) is 4.74 Å². The van der Waals surface area contributed by atoms with E-state index in [9.17, 15) is 4.79 Å². The Morgan fingerprint density at radius 1 is 0.963 bits per heavy atom. The van der Waals surface area contributed by atoms with Crippen molar-refractivity contribution in [2.75, 3.05) is 17.2 Å². The third-order valence-corrected chi connectivity index (χ3v) is 3.97. The maximum Gasteiger partial charge on any atom is 0.225 e. The first kappa shape index (κ1) is 18.5. The fourth-order valence-corrected chi connectivity index (χ4v) is 2.62. The van der Waals surface area contributed by atoms with E-state index in [-0.39, 0.29) is 5.91 Å². The van der Waals surface area contributed by atoms with E-state index in [0.717, 1.165) is 22.7 Å². The molecule has 0 atom stereocenters. The number of hydrogen-bond donors (Lipinski definition) is 2. The summed E-state index contributed by atoms with van der Waals surface area (Å²) in [7, 11) is 0. The van der Waals surface area contributed by atoms with E-state index in [0.29, 0.717) is 25.3 Å². The molecule has 1 heterocycles. The lowest BCUT2D eigenvalue weighted by molar-refractivity contribution is -0.116. The smallest absolute Gasteiger partial charge is 0.225 e.